The Morgan fingerprint density at radius 3 is 0.556 bits per heavy atom. The van der Waals surface area contributed by atoms with Crippen molar-refractivity contribution in [1.82, 2.24) is 4.90 Å². The van der Waals surface area contributed by atoms with Crippen LogP contribution in [0.3, 0.4) is 0 Å². The first-order valence-corrected chi connectivity index (χ1v) is 9.72. The van der Waals surface area contributed by atoms with Crippen LogP contribution in [0.15, 0.2) is 0 Å². The first-order chi connectivity index (χ1) is 12.8. The summed E-state index contributed by atoms with van der Waals surface area (Å²) in [5.41, 5.74) is 0. The second-order valence-corrected chi connectivity index (χ2v) is 5.64. The third-order valence-electron chi connectivity index (χ3n) is 4.72. The predicted molar refractivity (Wildman–Crippen MR) is 125 cm³/mol. The van der Waals surface area contributed by atoms with Crippen LogP contribution in [0, 0.1) is 82.3 Å². The van der Waals surface area contributed by atoms with E-state index in [2.05, 4.69) is 82.3 Å². The molecule has 0 aromatic rings. The third-order valence-corrected chi connectivity index (χ3v) is 4.72. The Bertz CT molecular complexity index is 211. The van der Waals surface area contributed by atoms with Crippen molar-refractivity contribution in [3.05, 3.63) is 82.3 Å². The number of rotatable bonds is 11. The molecule has 0 bridgehead atoms. The summed E-state index contributed by atoms with van der Waals surface area (Å²) in [5, 5.41) is 0. The van der Waals surface area contributed by atoms with E-state index in [9.17, 15) is 0 Å². The fraction of sp³-hybridized carbons (Fsp3) is 0.500. The van der Waals surface area contributed by atoms with Gasteiger partial charge < -0.3 is 41.6 Å². The molecule has 12 heteroatoms. The van der Waals surface area contributed by atoms with Gasteiger partial charge in [-0.3, -0.25) is 41.5 Å². The molecule has 3 nitrogen and oxygen atoms in total. The van der Waals surface area contributed by atoms with Crippen LogP contribution >= 0.6 is 0 Å². The van der Waals surface area contributed by atoms with Crippen molar-refractivity contribution in [3.8, 4) is 0 Å². The molecule has 0 aromatic heterocycles. The summed E-state index contributed by atoms with van der Waals surface area (Å²) in [6, 6.07) is 0. The largest absolute Gasteiger partial charge is 0.531 e. The molecule has 0 heterocycles. The first-order valence-electron chi connectivity index (χ1n) is 9.72. The summed E-state index contributed by atoms with van der Waals surface area (Å²) in [6.07, 6.45) is 0. The molecule has 0 unspecified atom stereocenters. The summed E-state index contributed by atoms with van der Waals surface area (Å²) in [7, 11) is 0. The first kappa shape index (κ1) is 85.4. The summed E-state index contributed by atoms with van der Waals surface area (Å²) in [5.74, 6) is 0. The molecule has 0 aromatic carbocycles. The standard InChI is InChI=1S/2C8H16N.C6H12N.C2H5.9Y/c2*1-5-9(6-2,7-3)8-4;1-4-7(5-2)6-3;1-2;;;;;;;;;/h2*8H,1-3,5-7H2,4H3;1-6H2;1H2,2H3;;;;;;;;;/q3*-3;-1;;;;;;;;;. The van der Waals surface area contributed by atoms with Crippen molar-refractivity contribution in [2.75, 3.05) is 58.9 Å². The predicted octanol–water partition coefficient (Wildman–Crippen LogP) is 4.58. The molecule has 0 saturated carbocycles. The molecule has 197 valence electrons. The van der Waals surface area contributed by atoms with Crippen molar-refractivity contribution in [1.29, 1.82) is 0 Å². The summed E-state index contributed by atoms with van der Waals surface area (Å²) in [6.45, 7) is 54.8. The fourth-order valence-electron chi connectivity index (χ4n) is 1.78. The van der Waals surface area contributed by atoms with Crippen molar-refractivity contribution < 1.29 is 303 Å². The monoisotopic (exact) mass is 1180 g/mol. The van der Waals surface area contributed by atoms with Gasteiger partial charge in [-0.1, -0.05) is 39.3 Å². The molecule has 9 radical (unpaired) electrons. The van der Waals surface area contributed by atoms with Crippen molar-refractivity contribution in [2.45, 2.75) is 20.8 Å². The van der Waals surface area contributed by atoms with E-state index in [1.54, 1.807) is 6.92 Å². The quantitative estimate of drug-likeness (QED) is 0.217. The molecule has 0 saturated heterocycles. The van der Waals surface area contributed by atoms with Gasteiger partial charge in [-0.2, -0.15) is 6.92 Å². The van der Waals surface area contributed by atoms with E-state index in [1.165, 1.54) is 0 Å². The smallest absolute Gasteiger partial charge is 0 e. The Kier molecular flexibility index (Phi) is 159. The molecular weight excluding hydrogens is 1130 g/mol. The summed E-state index contributed by atoms with van der Waals surface area (Å²) >= 11 is 0. The maximum Gasteiger partial charge on any atom is 0 e. The Balaban J connectivity index is -0.0000000173. The van der Waals surface area contributed by atoms with Crippen LogP contribution in [0.4, 0.5) is 0 Å². The number of nitrogens with zero attached hydrogens (tertiary/aromatic N) is 3. The minimum atomic E-state index is 0. The van der Waals surface area contributed by atoms with Crippen LogP contribution in [-0.4, -0.2) is 72.8 Å². The number of hydrogen-bond donors (Lipinski definition) is 0. The molecule has 36 heavy (non-hydrogen) atoms. The minimum Gasteiger partial charge on any atom is -0.531 e. The Hall–Kier alpha value is 9.82. The molecule has 0 rings (SSSR count). The summed E-state index contributed by atoms with van der Waals surface area (Å²) in [4.78, 5) is 2.04. The van der Waals surface area contributed by atoms with Gasteiger partial charge in [0.1, 0.15) is 0 Å². The van der Waals surface area contributed by atoms with E-state index in [0.717, 1.165) is 67.9 Å². The molecule has 0 spiro atoms. The van der Waals surface area contributed by atoms with E-state index in [-0.39, 0.29) is 294 Å². The van der Waals surface area contributed by atoms with Gasteiger partial charge in [-0.25, -0.2) is 0 Å². The minimum absolute atomic E-state index is 0. The van der Waals surface area contributed by atoms with Crippen molar-refractivity contribution >= 4 is 0 Å². The van der Waals surface area contributed by atoms with Crippen LogP contribution in [0.5, 0.6) is 0 Å². The normalized spacial score (nSPS) is 8.17. The molecular formula is C24H49N3Y9-10. The van der Waals surface area contributed by atoms with E-state index < -0.39 is 0 Å². The van der Waals surface area contributed by atoms with E-state index in [0.29, 0.717) is 0 Å². The zero-order valence-electron chi connectivity index (χ0n) is 24.1. The average Bonchev–Trinajstić information content (AvgIpc) is 2.76. The molecule has 0 aliphatic carbocycles. The molecule has 0 fully saturated rings. The van der Waals surface area contributed by atoms with Crippen LogP contribution in [0.1, 0.15) is 20.8 Å². The average molecular weight is 1180 g/mol. The Morgan fingerprint density at radius 1 is 0.417 bits per heavy atom. The Morgan fingerprint density at radius 2 is 0.556 bits per heavy atom. The molecule has 0 N–H and O–H groups in total. The van der Waals surface area contributed by atoms with Gasteiger partial charge in [0, 0.05) is 294 Å². The maximum absolute atomic E-state index is 3.83. The van der Waals surface area contributed by atoms with E-state index >= 15 is 0 Å². The van der Waals surface area contributed by atoms with Gasteiger partial charge >= 0.3 is 0 Å². The molecule has 0 atom stereocenters. The van der Waals surface area contributed by atoms with Crippen molar-refractivity contribution in [2.24, 2.45) is 0 Å². The van der Waals surface area contributed by atoms with E-state index in [4.69, 9.17) is 0 Å². The van der Waals surface area contributed by atoms with Crippen LogP contribution in [0.25, 0.3) is 0 Å². The molecule has 0 amide bonds. The SMILES string of the molecule is [CH2-]C.[CH2-]CN(C[CH2-])C[CH2-].[CH2-]C[N+]([CH-]C)(C[CH2-])C[CH2-].[CH2-]C[N+]([CH-]C)(C[CH2-])C[CH2-].[Y].[Y].[Y].[Y].[Y].[Y].[Y].[Y].[Y]. The van der Waals surface area contributed by atoms with Gasteiger partial charge in [-0.05, 0) is 0 Å². The number of quaternary nitrogens is 2. The van der Waals surface area contributed by atoms with Gasteiger partial charge in [-0.15, -0.1) is 46.6 Å². The van der Waals surface area contributed by atoms with Crippen LogP contribution in [0.2, 0.25) is 0 Å². The second-order valence-electron chi connectivity index (χ2n) is 5.64. The fourth-order valence-corrected chi connectivity index (χ4v) is 1.78. The second kappa shape index (κ2) is 67.1. The number of hydrogen-bond acceptors (Lipinski definition) is 1. The van der Waals surface area contributed by atoms with Gasteiger partial charge in [0.2, 0.25) is 0 Å². The van der Waals surface area contributed by atoms with Gasteiger partial charge in [0.25, 0.3) is 0 Å². The van der Waals surface area contributed by atoms with Crippen molar-refractivity contribution in [3.63, 3.8) is 0 Å². The molecule has 0 aliphatic rings. The van der Waals surface area contributed by atoms with Gasteiger partial charge in [0.15, 0.2) is 0 Å². The van der Waals surface area contributed by atoms with Crippen LogP contribution < -0.4 is 0 Å². The Labute approximate surface area is 458 Å². The van der Waals surface area contributed by atoms with E-state index in [1.807, 2.05) is 18.7 Å². The third kappa shape index (κ3) is 50.7. The van der Waals surface area contributed by atoms with Crippen LogP contribution in [-0.2, 0) is 294 Å². The molecule has 0 aliphatic heterocycles. The zero-order valence-corrected chi connectivity index (χ0v) is 49.7. The maximum atomic E-state index is 3.83. The zero-order chi connectivity index (χ0) is 22.4. The summed E-state index contributed by atoms with van der Waals surface area (Å²) < 4.78 is 1.64. The van der Waals surface area contributed by atoms with Gasteiger partial charge in [0.05, 0.1) is 0 Å². The topological polar surface area (TPSA) is 3.24 Å².